The standard InChI is InChI=1S/C21H32N2O7.C2H5NO/c1-17(15-24)5-2-3-10-22-19(26)16-30-14-13-29-12-4-6-18(25)9-11-23-20(27)7-8-21(23)28;1-2(3)4/h7-8,15,17H,2-6,9-14,16H2,1H3,(H,22,26);1H3,(H2,3,4). The zero-order valence-corrected chi connectivity index (χ0v) is 20.1. The molecular formula is C23H37N3O8. The number of nitrogens with zero attached hydrogens (tertiary/aromatic N) is 1. The summed E-state index contributed by atoms with van der Waals surface area (Å²) in [5.41, 5.74) is 4.47. The lowest BCUT2D eigenvalue weighted by Crippen LogP contribution is -2.32. The molecule has 0 aromatic carbocycles. The number of aldehydes is 1. The highest BCUT2D eigenvalue weighted by Crippen LogP contribution is 2.06. The van der Waals surface area contributed by atoms with Gasteiger partial charge in [-0.05, 0) is 19.3 Å². The maximum atomic E-state index is 11.8. The molecule has 0 saturated heterocycles. The molecule has 0 saturated carbocycles. The van der Waals surface area contributed by atoms with Crippen molar-refractivity contribution in [3.8, 4) is 0 Å². The first-order chi connectivity index (χ1) is 16.2. The average molecular weight is 484 g/mol. The molecule has 11 nitrogen and oxygen atoms in total. The van der Waals surface area contributed by atoms with Gasteiger partial charge in [0.1, 0.15) is 18.7 Å². The summed E-state index contributed by atoms with van der Waals surface area (Å²) in [4.78, 5) is 66.9. The minimum absolute atomic E-state index is 0.0281. The van der Waals surface area contributed by atoms with Crippen molar-refractivity contribution in [1.82, 2.24) is 10.2 Å². The molecule has 11 heteroatoms. The first kappa shape index (κ1) is 31.1. The molecule has 1 unspecified atom stereocenters. The molecule has 0 radical (unpaired) electrons. The summed E-state index contributed by atoms with van der Waals surface area (Å²) < 4.78 is 10.6. The van der Waals surface area contributed by atoms with Crippen molar-refractivity contribution in [2.45, 2.75) is 52.4 Å². The van der Waals surface area contributed by atoms with Crippen LogP contribution >= 0.6 is 0 Å². The SMILES string of the molecule is CC(C=O)CCCCNC(=O)COCCOCCCC(=O)CCN1C(=O)C=CC1=O.CC(N)=O. The van der Waals surface area contributed by atoms with Crippen LogP contribution in [-0.4, -0.2) is 80.1 Å². The second kappa shape index (κ2) is 19.5. The molecule has 0 bridgehead atoms. The number of Topliss-reactive ketones (excluding diaryl/α,β-unsaturated/α-hetero) is 1. The van der Waals surface area contributed by atoms with Crippen LogP contribution in [0.5, 0.6) is 0 Å². The van der Waals surface area contributed by atoms with Crippen LogP contribution in [0.2, 0.25) is 0 Å². The molecule has 1 aliphatic rings. The number of rotatable bonds is 18. The Hall–Kier alpha value is -2.92. The highest BCUT2D eigenvalue weighted by molar-refractivity contribution is 6.13. The van der Waals surface area contributed by atoms with Gasteiger partial charge in [-0.1, -0.05) is 13.3 Å². The predicted octanol–water partition coefficient (Wildman–Crippen LogP) is 0.297. The summed E-state index contributed by atoms with van der Waals surface area (Å²) >= 11 is 0. The van der Waals surface area contributed by atoms with Gasteiger partial charge in [0.05, 0.1) is 13.2 Å². The molecule has 1 aliphatic heterocycles. The normalized spacial score (nSPS) is 13.3. The predicted molar refractivity (Wildman–Crippen MR) is 123 cm³/mol. The van der Waals surface area contributed by atoms with E-state index in [1.54, 1.807) is 0 Å². The van der Waals surface area contributed by atoms with Crippen LogP contribution < -0.4 is 11.1 Å². The molecule has 1 rings (SSSR count). The third-order valence-corrected chi connectivity index (χ3v) is 4.50. The molecule has 0 aliphatic carbocycles. The smallest absolute Gasteiger partial charge is 0.253 e. The van der Waals surface area contributed by atoms with Gasteiger partial charge < -0.3 is 25.3 Å². The van der Waals surface area contributed by atoms with Gasteiger partial charge in [0.2, 0.25) is 11.8 Å². The molecule has 4 amide bonds. The third-order valence-electron chi connectivity index (χ3n) is 4.50. The zero-order chi connectivity index (χ0) is 25.8. The summed E-state index contributed by atoms with van der Waals surface area (Å²) in [7, 11) is 0. The van der Waals surface area contributed by atoms with Crippen molar-refractivity contribution in [2.75, 3.05) is 39.5 Å². The van der Waals surface area contributed by atoms with Gasteiger partial charge >= 0.3 is 0 Å². The minimum Gasteiger partial charge on any atom is -0.379 e. The number of carbonyl (C=O) groups is 6. The first-order valence-corrected chi connectivity index (χ1v) is 11.4. The summed E-state index contributed by atoms with van der Waals surface area (Å²) in [5, 5.41) is 2.76. The van der Waals surface area contributed by atoms with Crippen molar-refractivity contribution < 1.29 is 38.2 Å². The van der Waals surface area contributed by atoms with E-state index >= 15 is 0 Å². The number of nitrogens with two attached hydrogens (primary N) is 1. The van der Waals surface area contributed by atoms with Crippen molar-refractivity contribution in [2.24, 2.45) is 11.7 Å². The van der Waals surface area contributed by atoms with Crippen LogP contribution in [0.3, 0.4) is 0 Å². The molecule has 1 atom stereocenters. The molecule has 0 spiro atoms. The molecule has 0 aromatic rings. The summed E-state index contributed by atoms with van der Waals surface area (Å²) in [5.74, 6) is -1.25. The summed E-state index contributed by atoms with van der Waals surface area (Å²) in [6.07, 6.45) is 6.89. The van der Waals surface area contributed by atoms with E-state index < -0.39 is 0 Å². The quantitative estimate of drug-likeness (QED) is 0.160. The fourth-order valence-corrected chi connectivity index (χ4v) is 2.71. The van der Waals surface area contributed by atoms with Crippen LogP contribution in [0.4, 0.5) is 0 Å². The Kier molecular flexibility index (Phi) is 17.9. The fourth-order valence-electron chi connectivity index (χ4n) is 2.71. The van der Waals surface area contributed by atoms with E-state index in [1.165, 1.54) is 19.1 Å². The number of ether oxygens (including phenoxy) is 2. The molecule has 0 fully saturated rings. The molecule has 192 valence electrons. The number of imide groups is 1. The molecule has 34 heavy (non-hydrogen) atoms. The van der Waals surface area contributed by atoms with Gasteiger partial charge in [0.15, 0.2) is 0 Å². The van der Waals surface area contributed by atoms with Gasteiger partial charge in [-0.15, -0.1) is 0 Å². The maximum absolute atomic E-state index is 11.8. The van der Waals surface area contributed by atoms with Crippen molar-refractivity contribution >= 4 is 35.7 Å². The number of hydrogen-bond donors (Lipinski definition) is 2. The topological polar surface area (TPSA) is 162 Å². The highest BCUT2D eigenvalue weighted by Gasteiger charge is 2.23. The lowest BCUT2D eigenvalue weighted by molar-refractivity contribution is -0.137. The van der Waals surface area contributed by atoms with E-state index in [1.807, 2.05) is 6.92 Å². The van der Waals surface area contributed by atoms with E-state index in [2.05, 4.69) is 11.1 Å². The number of carbonyl (C=O) groups excluding carboxylic acids is 6. The minimum atomic E-state index is -0.381. The summed E-state index contributed by atoms with van der Waals surface area (Å²) in [6.45, 7) is 4.82. The van der Waals surface area contributed by atoms with Gasteiger partial charge in [0, 0.05) is 57.5 Å². The monoisotopic (exact) mass is 483 g/mol. The number of unbranched alkanes of at least 4 members (excludes halogenated alkanes) is 1. The van der Waals surface area contributed by atoms with E-state index in [0.29, 0.717) is 32.6 Å². The lowest BCUT2D eigenvalue weighted by Gasteiger charge is -2.12. The van der Waals surface area contributed by atoms with Crippen molar-refractivity contribution in [1.29, 1.82) is 0 Å². The largest absolute Gasteiger partial charge is 0.379 e. The van der Waals surface area contributed by atoms with E-state index in [0.717, 1.165) is 30.4 Å². The van der Waals surface area contributed by atoms with E-state index in [4.69, 9.17) is 9.47 Å². The van der Waals surface area contributed by atoms with Crippen molar-refractivity contribution in [3.05, 3.63) is 12.2 Å². The third kappa shape index (κ3) is 17.6. The van der Waals surface area contributed by atoms with Crippen LogP contribution in [0.1, 0.15) is 52.4 Å². The molecule has 3 N–H and O–H groups in total. The highest BCUT2D eigenvalue weighted by atomic mass is 16.5. The van der Waals surface area contributed by atoms with Crippen LogP contribution in [0, 0.1) is 5.92 Å². The van der Waals surface area contributed by atoms with Crippen LogP contribution in [0.15, 0.2) is 12.2 Å². The Bertz CT molecular complexity index is 686. The maximum Gasteiger partial charge on any atom is 0.253 e. The second-order valence-corrected chi connectivity index (χ2v) is 7.79. The lowest BCUT2D eigenvalue weighted by atomic mass is 10.1. The van der Waals surface area contributed by atoms with E-state index in [9.17, 15) is 28.8 Å². The first-order valence-electron chi connectivity index (χ1n) is 11.4. The zero-order valence-electron chi connectivity index (χ0n) is 20.1. The fraction of sp³-hybridized carbons (Fsp3) is 0.652. The van der Waals surface area contributed by atoms with Crippen LogP contribution in [0.25, 0.3) is 0 Å². The Morgan fingerprint density at radius 2 is 1.65 bits per heavy atom. The van der Waals surface area contributed by atoms with Crippen molar-refractivity contribution in [3.63, 3.8) is 0 Å². The number of hydrogen-bond acceptors (Lipinski definition) is 8. The molecular weight excluding hydrogens is 446 g/mol. The molecule has 1 heterocycles. The van der Waals surface area contributed by atoms with Crippen LogP contribution in [-0.2, 0) is 38.2 Å². The van der Waals surface area contributed by atoms with Gasteiger partial charge in [-0.25, -0.2) is 0 Å². The number of amides is 4. The second-order valence-electron chi connectivity index (χ2n) is 7.79. The van der Waals surface area contributed by atoms with Gasteiger partial charge in [0.25, 0.3) is 11.8 Å². The Morgan fingerprint density at radius 3 is 2.26 bits per heavy atom. The van der Waals surface area contributed by atoms with E-state index in [-0.39, 0.29) is 61.5 Å². The molecule has 0 aromatic heterocycles. The Labute approximate surface area is 200 Å². The Balaban J connectivity index is 0.00000251. The van der Waals surface area contributed by atoms with Gasteiger partial charge in [-0.2, -0.15) is 0 Å². The average Bonchev–Trinajstić information content (AvgIpc) is 3.10. The Morgan fingerprint density at radius 1 is 1.03 bits per heavy atom. The number of primary amides is 1. The van der Waals surface area contributed by atoms with Gasteiger partial charge in [-0.3, -0.25) is 28.9 Å². The number of ketones is 1. The summed E-state index contributed by atoms with van der Waals surface area (Å²) in [6, 6.07) is 0. The number of nitrogens with one attached hydrogen (secondary N) is 1.